The Labute approximate surface area is 149 Å². The Balaban J connectivity index is 2.44. The maximum Gasteiger partial charge on any atom is 0.302 e. The molecule has 0 N–H and O–H groups in total. The first-order valence-electron chi connectivity index (χ1n) is 8.57. The maximum absolute atomic E-state index is 12.0. The van der Waals surface area contributed by atoms with Crippen LogP contribution in [-0.2, 0) is 9.53 Å². The van der Waals surface area contributed by atoms with Crippen molar-refractivity contribution in [1.82, 2.24) is 4.90 Å². The SMILES string of the molecule is CCN1CCC(c2cc(C(C)=O)c(OC)cc2OC)C1COC(C)=O. The van der Waals surface area contributed by atoms with E-state index in [1.807, 2.05) is 6.07 Å². The number of hydrogen-bond donors (Lipinski definition) is 0. The van der Waals surface area contributed by atoms with Gasteiger partial charge in [-0.05, 0) is 38.1 Å². The Hall–Kier alpha value is -2.08. The van der Waals surface area contributed by atoms with Crippen LogP contribution in [0.25, 0.3) is 0 Å². The average molecular weight is 349 g/mol. The highest BCUT2D eigenvalue weighted by Crippen LogP contribution is 2.41. The molecule has 1 aliphatic heterocycles. The number of ketones is 1. The van der Waals surface area contributed by atoms with Crippen LogP contribution in [0, 0.1) is 0 Å². The van der Waals surface area contributed by atoms with E-state index in [1.54, 1.807) is 20.3 Å². The number of carbonyl (C=O) groups excluding carboxylic acids is 2. The molecule has 0 saturated carbocycles. The average Bonchev–Trinajstić information content (AvgIpc) is 3.01. The summed E-state index contributed by atoms with van der Waals surface area (Å²) in [5.74, 6) is 0.987. The van der Waals surface area contributed by atoms with Gasteiger partial charge in [-0.1, -0.05) is 6.92 Å². The quantitative estimate of drug-likeness (QED) is 0.557. The highest BCUT2D eigenvalue weighted by molar-refractivity contribution is 5.97. The van der Waals surface area contributed by atoms with Crippen LogP contribution in [0.4, 0.5) is 0 Å². The van der Waals surface area contributed by atoms with E-state index >= 15 is 0 Å². The van der Waals surface area contributed by atoms with Crippen molar-refractivity contribution < 1.29 is 23.8 Å². The third-order valence-corrected chi connectivity index (χ3v) is 4.85. The first-order chi connectivity index (χ1) is 11.9. The van der Waals surface area contributed by atoms with Crippen molar-refractivity contribution in [3.05, 3.63) is 23.3 Å². The number of likely N-dealkylation sites (N-methyl/N-ethyl adjacent to an activating group) is 1. The van der Waals surface area contributed by atoms with Crippen molar-refractivity contribution in [2.24, 2.45) is 0 Å². The summed E-state index contributed by atoms with van der Waals surface area (Å²) in [5, 5.41) is 0. The van der Waals surface area contributed by atoms with Gasteiger partial charge in [0.25, 0.3) is 0 Å². The van der Waals surface area contributed by atoms with Crippen molar-refractivity contribution in [3.63, 3.8) is 0 Å². The smallest absolute Gasteiger partial charge is 0.302 e. The second-order valence-corrected chi connectivity index (χ2v) is 6.24. The van der Waals surface area contributed by atoms with E-state index in [9.17, 15) is 9.59 Å². The molecule has 1 fully saturated rings. The molecular formula is C19H27NO5. The van der Waals surface area contributed by atoms with Crippen LogP contribution in [0.2, 0.25) is 0 Å². The number of carbonyl (C=O) groups is 2. The number of rotatable bonds is 7. The molecule has 0 radical (unpaired) electrons. The van der Waals surface area contributed by atoms with Gasteiger partial charge in [-0.3, -0.25) is 14.5 Å². The van der Waals surface area contributed by atoms with Crippen molar-refractivity contribution in [3.8, 4) is 11.5 Å². The Morgan fingerprint density at radius 3 is 2.36 bits per heavy atom. The van der Waals surface area contributed by atoms with Gasteiger partial charge in [-0.2, -0.15) is 0 Å². The Bertz CT molecular complexity index is 643. The number of benzene rings is 1. The molecule has 25 heavy (non-hydrogen) atoms. The Morgan fingerprint density at radius 1 is 1.16 bits per heavy atom. The minimum absolute atomic E-state index is 0.0531. The molecular weight excluding hydrogens is 322 g/mol. The van der Waals surface area contributed by atoms with Crippen LogP contribution in [0.3, 0.4) is 0 Å². The first-order valence-corrected chi connectivity index (χ1v) is 8.57. The summed E-state index contributed by atoms with van der Waals surface area (Å²) in [7, 11) is 3.15. The molecule has 0 amide bonds. The zero-order chi connectivity index (χ0) is 18.6. The monoisotopic (exact) mass is 349 g/mol. The molecule has 2 atom stereocenters. The number of likely N-dealkylation sites (tertiary alicyclic amines) is 1. The van der Waals surface area contributed by atoms with Gasteiger partial charge in [0, 0.05) is 18.9 Å². The molecule has 6 heteroatoms. The molecule has 1 aliphatic rings. The molecule has 0 aliphatic carbocycles. The molecule has 0 aromatic heterocycles. The molecule has 0 spiro atoms. The lowest BCUT2D eigenvalue weighted by Crippen LogP contribution is -2.36. The molecule has 138 valence electrons. The second-order valence-electron chi connectivity index (χ2n) is 6.24. The Morgan fingerprint density at radius 2 is 1.84 bits per heavy atom. The van der Waals surface area contributed by atoms with E-state index in [0.29, 0.717) is 23.7 Å². The van der Waals surface area contributed by atoms with Gasteiger partial charge >= 0.3 is 5.97 Å². The number of hydrogen-bond acceptors (Lipinski definition) is 6. The van der Waals surface area contributed by atoms with E-state index in [2.05, 4.69) is 11.8 Å². The largest absolute Gasteiger partial charge is 0.496 e. The maximum atomic E-state index is 12.0. The number of Topliss-reactive ketones (excluding diaryl/α,β-unsaturated/α-hetero) is 1. The number of methoxy groups -OCH3 is 2. The number of ether oxygens (including phenoxy) is 3. The third kappa shape index (κ3) is 4.12. The van der Waals surface area contributed by atoms with Gasteiger partial charge < -0.3 is 14.2 Å². The summed E-state index contributed by atoms with van der Waals surface area (Å²) in [4.78, 5) is 25.6. The van der Waals surface area contributed by atoms with Crippen LogP contribution >= 0.6 is 0 Å². The van der Waals surface area contributed by atoms with Gasteiger partial charge in [0.05, 0.1) is 25.8 Å². The molecule has 1 saturated heterocycles. The first kappa shape index (κ1) is 19.2. The summed E-state index contributed by atoms with van der Waals surface area (Å²) in [6.07, 6.45) is 0.916. The summed E-state index contributed by atoms with van der Waals surface area (Å²) in [6.45, 7) is 7.16. The third-order valence-electron chi connectivity index (χ3n) is 4.85. The van der Waals surface area contributed by atoms with Crippen molar-refractivity contribution in [1.29, 1.82) is 0 Å². The molecule has 1 aromatic rings. The Kier molecular flexibility index (Phi) is 6.42. The summed E-state index contributed by atoms with van der Waals surface area (Å²) < 4.78 is 16.2. The van der Waals surface area contributed by atoms with E-state index in [0.717, 1.165) is 25.1 Å². The molecule has 2 rings (SSSR count). The predicted molar refractivity (Wildman–Crippen MR) is 94.6 cm³/mol. The fourth-order valence-corrected chi connectivity index (χ4v) is 3.59. The zero-order valence-electron chi connectivity index (χ0n) is 15.6. The molecule has 2 unspecified atom stereocenters. The van der Waals surface area contributed by atoms with Gasteiger partial charge in [0.1, 0.15) is 18.1 Å². The molecule has 0 bridgehead atoms. The standard InChI is InChI=1S/C19H27NO5/c1-6-20-8-7-14(17(20)11-25-13(3)22)16-9-15(12(2)21)18(23-4)10-19(16)24-5/h9-10,14,17H,6-8,11H2,1-5H3. The van der Waals surface area contributed by atoms with E-state index < -0.39 is 0 Å². The predicted octanol–water partition coefficient (Wildman–Crippen LogP) is 2.65. The lowest BCUT2D eigenvalue weighted by atomic mass is 9.89. The van der Waals surface area contributed by atoms with Gasteiger partial charge in [0.2, 0.25) is 0 Å². The van der Waals surface area contributed by atoms with Crippen LogP contribution in [0.15, 0.2) is 12.1 Å². The zero-order valence-corrected chi connectivity index (χ0v) is 15.6. The topological polar surface area (TPSA) is 65.1 Å². The normalized spacial score (nSPS) is 20.4. The minimum Gasteiger partial charge on any atom is -0.496 e. The second kappa shape index (κ2) is 8.34. The molecule has 6 nitrogen and oxygen atoms in total. The van der Waals surface area contributed by atoms with Crippen molar-refractivity contribution >= 4 is 11.8 Å². The van der Waals surface area contributed by atoms with Crippen LogP contribution < -0.4 is 9.47 Å². The highest BCUT2D eigenvalue weighted by atomic mass is 16.5. The van der Waals surface area contributed by atoms with Crippen molar-refractivity contribution in [2.45, 2.75) is 39.2 Å². The molecule has 1 heterocycles. The fourth-order valence-electron chi connectivity index (χ4n) is 3.59. The lowest BCUT2D eigenvalue weighted by Gasteiger charge is -2.28. The summed E-state index contributed by atoms with van der Waals surface area (Å²) in [6, 6.07) is 3.70. The lowest BCUT2D eigenvalue weighted by molar-refractivity contribution is -0.142. The number of nitrogens with zero attached hydrogens (tertiary/aromatic N) is 1. The fraction of sp³-hybridized carbons (Fsp3) is 0.579. The molecule has 1 aromatic carbocycles. The minimum atomic E-state index is -0.284. The van der Waals surface area contributed by atoms with Crippen LogP contribution in [0.1, 0.15) is 49.0 Å². The van der Waals surface area contributed by atoms with Crippen LogP contribution in [0.5, 0.6) is 11.5 Å². The van der Waals surface area contributed by atoms with Gasteiger partial charge in [0.15, 0.2) is 5.78 Å². The van der Waals surface area contributed by atoms with E-state index in [1.165, 1.54) is 13.8 Å². The van der Waals surface area contributed by atoms with Crippen molar-refractivity contribution in [2.75, 3.05) is 33.9 Å². The number of esters is 1. The summed E-state index contributed by atoms with van der Waals surface area (Å²) in [5.41, 5.74) is 1.50. The van der Waals surface area contributed by atoms with E-state index in [-0.39, 0.29) is 23.7 Å². The van der Waals surface area contributed by atoms with Gasteiger partial charge in [-0.25, -0.2) is 0 Å². The summed E-state index contributed by atoms with van der Waals surface area (Å²) >= 11 is 0. The van der Waals surface area contributed by atoms with Crippen LogP contribution in [-0.4, -0.2) is 56.6 Å². The van der Waals surface area contributed by atoms with E-state index in [4.69, 9.17) is 14.2 Å². The highest BCUT2D eigenvalue weighted by Gasteiger charge is 2.37. The van der Waals surface area contributed by atoms with Gasteiger partial charge in [-0.15, -0.1) is 0 Å².